The third kappa shape index (κ3) is 7.12. The van der Waals surface area contributed by atoms with Crippen molar-refractivity contribution in [2.75, 3.05) is 0 Å². The lowest BCUT2D eigenvalue weighted by molar-refractivity contribution is 0.680. The molecule has 0 unspecified atom stereocenters. The first-order valence-corrected chi connectivity index (χ1v) is 3.81. The van der Waals surface area contributed by atoms with Crippen LogP contribution in [0.3, 0.4) is 0 Å². The van der Waals surface area contributed by atoms with Crippen molar-refractivity contribution in [3.05, 3.63) is 6.42 Å². The smallest absolute Gasteiger partial charge is 0.00989 e. The first kappa shape index (κ1) is 9.12. The van der Waals surface area contributed by atoms with Crippen LogP contribution in [0.1, 0.15) is 39.0 Å². The molecular weight excluding hydrogens is 120 g/mol. The highest BCUT2D eigenvalue weighted by molar-refractivity contribution is 5.18. The van der Waals surface area contributed by atoms with Gasteiger partial charge in [-0.15, -0.1) is 0 Å². The summed E-state index contributed by atoms with van der Waals surface area (Å²) in [5.41, 5.74) is 0. The molecule has 0 heteroatoms. The molecule has 1 radical (unpaired) electrons. The zero-order chi connectivity index (χ0) is 7.66. The average molecular weight is 133 g/mol. The Hall–Kier alpha value is -0.880. The first-order valence-electron chi connectivity index (χ1n) is 3.81. The molecule has 0 atom stereocenters. The maximum atomic E-state index is 6.50. The fourth-order valence-electron chi connectivity index (χ4n) is 0.747. The third-order valence-electron chi connectivity index (χ3n) is 1.31. The summed E-state index contributed by atoms with van der Waals surface area (Å²) in [6.07, 6.45) is 12.4. The summed E-state index contributed by atoms with van der Waals surface area (Å²) in [7, 11) is 0. The van der Waals surface area contributed by atoms with Gasteiger partial charge in [-0.2, -0.15) is 0 Å². The Kier molecular flexibility index (Phi) is 7.41. The Morgan fingerprint density at radius 3 is 2.60 bits per heavy atom. The standard InChI is InChI=1S/C10H13/c1-3-5-7-9-10-8-6-4-2/h3,5,7,9-10H2,1H3. The van der Waals surface area contributed by atoms with Crippen LogP contribution in [0.2, 0.25) is 0 Å². The van der Waals surface area contributed by atoms with Crippen molar-refractivity contribution < 1.29 is 0 Å². The van der Waals surface area contributed by atoms with Crippen molar-refractivity contribution in [2.45, 2.75) is 39.0 Å². The predicted molar refractivity (Wildman–Crippen MR) is 43.7 cm³/mol. The molecule has 0 aromatic heterocycles. The van der Waals surface area contributed by atoms with E-state index in [1.807, 2.05) is 5.92 Å². The van der Waals surface area contributed by atoms with Gasteiger partial charge in [0.05, 0.1) is 0 Å². The van der Waals surface area contributed by atoms with Crippen molar-refractivity contribution in [3.8, 4) is 17.8 Å². The second kappa shape index (κ2) is 8.12. The molecule has 0 aromatic carbocycles. The number of hydrogen-bond acceptors (Lipinski definition) is 0. The largest absolute Gasteiger partial charge is 0.0891 e. The van der Waals surface area contributed by atoms with E-state index in [1.54, 1.807) is 0 Å². The minimum Gasteiger partial charge on any atom is -0.0891 e. The molecule has 0 amide bonds. The normalized spacial score (nSPS) is 7.60. The summed E-state index contributed by atoms with van der Waals surface area (Å²) in [6, 6.07) is 0. The van der Waals surface area contributed by atoms with E-state index in [4.69, 9.17) is 6.42 Å². The lowest BCUT2D eigenvalue weighted by atomic mass is 10.2. The van der Waals surface area contributed by atoms with Gasteiger partial charge < -0.3 is 0 Å². The van der Waals surface area contributed by atoms with Crippen molar-refractivity contribution in [1.29, 1.82) is 0 Å². The van der Waals surface area contributed by atoms with Crippen LogP contribution in [0.15, 0.2) is 0 Å². The molecule has 0 bridgehead atoms. The van der Waals surface area contributed by atoms with Crippen molar-refractivity contribution in [2.24, 2.45) is 0 Å². The van der Waals surface area contributed by atoms with Gasteiger partial charge in [0.15, 0.2) is 0 Å². The summed E-state index contributed by atoms with van der Waals surface area (Å²) in [6.45, 7) is 2.19. The van der Waals surface area contributed by atoms with Crippen LogP contribution in [0, 0.1) is 24.2 Å². The highest BCUT2D eigenvalue weighted by Gasteiger charge is 1.82. The molecular formula is C10H13. The van der Waals surface area contributed by atoms with Crippen LogP contribution >= 0.6 is 0 Å². The van der Waals surface area contributed by atoms with Gasteiger partial charge >= 0.3 is 0 Å². The third-order valence-corrected chi connectivity index (χ3v) is 1.31. The topological polar surface area (TPSA) is 0 Å². The Labute approximate surface area is 64.0 Å². The van der Waals surface area contributed by atoms with Crippen LogP contribution in [0.25, 0.3) is 0 Å². The van der Waals surface area contributed by atoms with Gasteiger partial charge in [0, 0.05) is 6.42 Å². The van der Waals surface area contributed by atoms with Gasteiger partial charge in [0.1, 0.15) is 0 Å². The SMILES string of the molecule is [C]#CC#CCCCCCC. The van der Waals surface area contributed by atoms with Gasteiger partial charge in [-0.25, -0.2) is 0 Å². The van der Waals surface area contributed by atoms with E-state index in [0.717, 1.165) is 6.42 Å². The summed E-state index contributed by atoms with van der Waals surface area (Å²) in [4.78, 5) is 0. The zero-order valence-corrected chi connectivity index (χ0v) is 6.54. The molecule has 0 rings (SSSR count). The highest BCUT2D eigenvalue weighted by Crippen LogP contribution is 2.00. The van der Waals surface area contributed by atoms with Gasteiger partial charge in [0.25, 0.3) is 0 Å². The molecule has 0 fully saturated rings. The quantitative estimate of drug-likeness (QED) is 0.408. The minimum atomic E-state index is 0.923. The molecule has 0 heterocycles. The van der Waals surface area contributed by atoms with Crippen LogP contribution < -0.4 is 0 Å². The number of hydrogen-bond donors (Lipinski definition) is 0. The average Bonchev–Trinajstić information content (AvgIpc) is 1.97. The fourth-order valence-corrected chi connectivity index (χ4v) is 0.747. The van der Waals surface area contributed by atoms with E-state index >= 15 is 0 Å². The molecule has 10 heavy (non-hydrogen) atoms. The minimum absolute atomic E-state index is 0.923. The summed E-state index contributed by atoms with van der Waals surface area (Å²) in [5, 5.41) is 0. The molecule has 0 aliphatic rings. The number of rotatable bonds is 4. The molecule has 0 nitrogen and oxygen atoms in total. The Morgan fingerprint density at radius 1 is 1.20 bits per heavy atom. The van der Waals surface area contributed by atoms with E-state index < -0.39 is 0 Å². The lowest BCUT2D eigenvalue weighted by Crippen LogP contribution is -1.73. The zero-order valence-electron chi connectivity index (χ0n) is 6.54. The second-order valence-corrected chi connectivity index (χ2v) is 2.24. The van der Waals surface area contributed by atoms with E-state index in [-0.39, 0.29) is 0 Å². The van der Waals surface area contributed by atoms with Gasteiger partial charge in [-0.1, -0.05) is 32.1 Å². The molecule has 0 saturated heterocycles. The Morgan fingerprint density at radius 2 is 2.00 bits per heavy atom. The summed E-state index contributed by atoms with van der Waals surface area (Å²) < 4.78 is 0. The number of unbranched alkanes of at least 4 members (excludes halogenated alkanes) is 4. The Balaban J connectivity index is 2.99. The van der Waals surface area contributed by atoms with E-state index in [1.165, 1.54) is 25.7 Å². The highest BCUT2D eigenvalue weighted by atomic mass is 13.9. The predicted octanol–water partition coefficient (Wildman–Crippen LogP) is 2.55. The van der Waals surface area contributed by atoms with Gasteiger partial charge in [-0.05, 0) is 24.7 Å². The second-order valence-electron chi connectivity index (χ2n) is 2.24. The lowest BCUT2D eigenvalue weighted by Gasteiger charge is -1.90. The molecule has 0 N–H and O–H groups in total. The van der Waals surface area contributed by atoms with E-state index in [9.17, 15) is 0 Å². The molecule has 0 aliphatic heterocycles. The maximum absolute atomic E-state index is 6.50. The molecule has 0 spiro atoms. The van der Waals surface area contributed by atoms with Crippen molar-refractivity contribution in [1.82, 2.24) is 0 Å². The van der Waals surface area contributed by atoms with Crippen molar-refractivity contribution >= 4 is 0 Å². The maximum Gasteiger partial charge on any atom is 0.00989 e. The van der Waals surface area contributed by atoms with E-state index in [2.05, 4.69) is 18.8 Å². The van der Waals surface area contributed by atoms with Crippen LogP contribution in [-0.4, -0.2) is 0 Å². The monoisotopic (exact) mass is 133 g/mol. The Bertz CT molecular complexity index is 149. The fraction of sp³-hybridized carbons (Fsp3) is 0.600. The van der Waals surface area contributed by atoms with Gasteiger partial charge in [0.2, 0.25) is 0 Å². The van der Waals surface area contributed by atoms with Crippen LogP contribution in [-0.2, 0) is 0 Å². The molecule has 0 saturated carbocycles. The summed E-state index contributed by atoms with van der Waals surface area (Å²) >= 11 is 0. The van der Waals surface area contributed by atoms with Crippen molar-refractivity contribution in [3.63, 3.8) is 0 Å². The summed E-state index contributed by atoms with van der Waals surface area (Å²) in [5.74, 6) is 7.38. The van der Waals surface area contributed by atoms with Crippen LogP contribution in [0.5, 0.6) is 0 Å². The molecule has 53 valence electrons. The molecule has 0 aliphatic carbocycles. The first-order chi connectivity index (χ1) is 4.91. The van der Waals surface area contributed by atoms with Crippen LogP contribution in [0.4, 0.5) is 0 Å². The van der Waals surface area contributed by atoms with Gasteiger partial charge in [-0.3, -0.25) is 0 Å². The molecule has 0 aromatic rings. The van der Waals surface area contributed by atoms with E-state index in [0.29, 0.717) is 0 Å².